The highest BCUT2D eigenvalue weighted by Crippen LogP contribution is 2.37. The van der Waals surface area contributed by atoms with Crippen molar-refractivity contribution in [3.8, 4) is 5.75 Å². The summed E-state index contributed by atoms with van der Waals surface area (Å²) in [5, 5.41) is 35.4. The number of carboxylic acid groups (broad SMARTS) is 2. The molecule has 25 nitrogen and oxygen atoms in total. The zero-order valence-electron chi connectivity index (χ0n) is 40.9. The van der Waals surface area contributed by atoms with Crippen LogP contribution in [0.25, 0.3) is 0 Å². The van der Waals surface area contributed by atoms with E-state index in [1.54, 1.807) is 58.0 Å². The fourth-order valence-corrected chi connectivity index (χ4v) is 7.39. The van der Waals surface area contributed by atoms with Crippen LogP contribution in [-0.2, 0) is 65.4 Å². The van der Waals surface area contributed by atoms with Gasteiger partial charge in [0.1, 0.15) is 42.0 Å². The lowest BCUT2D eigenvalue weighted by molar-refractivity contribution is -0.143. The molecule has 8 amide bonds. The summed E-state index contributed by atoms with van der Waals surface area (Å²) < 4.78 is 16.1. The smallest absolute Gasteiger partial charge is 0.481 e. The summed E-state index contributed by atoms with van der Waals surface area (Å²) in [4.78, 5) is 149. The van der Waals surface area contributed by atoms with Gasteiger partial charge >= 0.3 is 19.8 Å². The Kier molecular flexibility index (Phi) is 25.0. The van der Waals surface area contributed by atoms with Crippen molar-refractivity contribution >= 4 is 67.0 Å². The number of benzene rings is 2. The molecule has 2 aromatic rings. The Balaban J connectivity index is 2.52. The summed E-state index contributed by atoms with van der Waals surface area (Å²) in [5.41, 5.74) is 12.4. The average molecular weight is 1030 g/mol. The molecule has 15 N–H and O–H groups in total. The number of phosphoric ester groups is 1. The number of rotatable bonds is 31. The predicted octanol–water partition coefficient (Wildman–Crippen LogP) is -1.13. The van der Waals surface area contributed by atoms with E-state index < -0.39 is 141 Å². The van der Waals surface area contributed by atoms with Crippen LogP contribution in [0, 0.1) is 17.8 Å². The summed E-state index contributed by atoms with van der Waals surface area (Å²) in [6.45, 7) is 9.68. The van der Waals surface area contributed by atoms with E-state index in [1.807, 2.05) is 13.8 Å². The van der Waals surface area contributed by atoms with Gasteiger partial charge in [0.2, 0.25) is 47.3 Å². The maximum atomic E-state index is 14.4. The van der Waals surface area contributed by atoms with Crippen LogP contribution in [-0.4, -0.2) is 128 Å². The van der Waals surface area contributed by atoms with Gasteiger partial charge in [0, 0.05) is 19.3 Å². The van der Waals surface area contributed by atoms with Gasteiger partial charge in [-0.3, -0.25) is 52.9 Å². The van der Waals surface area contributed by atoms with Crippen LogP contribution in [0.5, 0.6) is 5.75 Å². The van der Waals surface area contributed by atoms with E-state index in [0.29, 0.717) is 12.0 Å². The van der Waals surface area contributed by atoms with E-state index in [-0.39, 0.29) is 42.4 Å². The zero-order valence-corrected chi connectivity index (χ0v) is 41.8. The normalized spacial score (nSPS) is 14.3. The Bertz CT molecular complexity index is 2260. The number of carbonyl (C=O) groups excluding carboxylic acids is 8. The minimum absolute atomic E-state index is 0.0617. The SMILES string of the molecule is CC(C)C[C@H](NC(=O)[C@H](CC(N)=O)NC(=O)[C@H](Cc1ccc(OP(=O)(O)O)cc1)NC(=O)[C@H](Cc1ccccc1)NC(=O)[C@@H](NC(=O)[C@@H](N)CC(C)C)C(C)C)C(=O)NCC(=O)N[C@@H](CCC(=O)O)C(=O)O. The molecular weight excluding hydrogens is 966 g/mol. The number of primary amides is 1. The monoisotopic (exact) mass is 1030 g/mol. The van der Waals surface area contributed by atoms with Crippen LogP contribution < -0.4 is 53.2 Å². The molecule has 0 spiro atoms. The lowest BCUT2D eigenvalue weighted by Gasteiger charge is -2.28. The Morgan fingerprint density at radius 1 is 0.597 bits per heavy atom. The number of aliphatic carboxylic acids is 2. The minimum atomic E-state index is -4.97. The highest BCUT2D eigenvalue weighted by atomic mass is 31.2. The maximum Gasteiger partial charge on any atom is 0.524 e. The van der Waals surface area contributed by atoms with E-state index in [4.69, 9.17) is 16.6 Å². The molecule has 0 heterocycles. The number of carbonyl (C=O) groups is 10. The first kappa shape index (κ1) is 61.2. The van der Waals surface area contributed by atoms with E-state index in [9.17, 15) is 67.4 Å². The molecule has 2 aromatic carbocycles. The van der Waals surface area contributed by atoms with Crippen molar-refractivity contribution in [2.45, 2.75) is 129 Å². The van der Waals surface area contributed by atoms with E-state index in [0.717, 1.165) is 0 Å². The number of nitrogens with two attached hydrogens (primary N) is 2. The molecule has 0 radical (unpaired) electrons. The average Bonchev–Trinajstić information content (AvgIpc) is 3.27. The maximum absolute atomic E-state index is 14.4. The van der Waals surface area contributed by atoms with Gasteiger partial charge in [0.05, 0.1) is 19.0 Å². The minimum Gasteiger partial charge on any atom is -0.481 e. The Labute approximate surface area is 416 Å². The molecule has 72 heavy (non-hydrogen) atoms. The third-order valence-electron chi connectivity index (χ3n) is 10.5. The van der Waals surface area contributed by atoms with Gasteiger partial charge in [-0.2, -0.15) is 0 Å². The third-order valence-corrected chi connectivity index (χ3v) is 11.0. The number of amides is 8. The number of hydrogen-bond donors (Lipinski definition) is 13. The highest BCUT2D eigenvalue weighted by molar-refractivity contribution is 7.46. The van der Waals surface area contributed by atoms with Gasteiger partial charge in [-0.05, 0) is 60.3 Å². The molecule has 0 fully saturated rings. The van der Waals surface area contributed by atoms with E-state index >= 15 is 0 Å². The first-order chi connectivity index (χ1) is 33.5. The molecule has 398 valence electrons. The summed E-state index contributed by atoms with van der Waals surface area (Å²) in [6.07, 6.45) is -2.12. The Hall–Kier alpha value is -6.95. The van der Waals surface area contributed by atoms with Gasteiger partial charge in [0.15, 0.2) is 0 Å². The fraction of sp³-hybridized carbons (Fsp3) is 0.522. The second-order valence-electron chi connectivity index (χ2n) is 18.2. The summed E-state index contributed by atoms with van der Waals surface area (Å²) in [6, 6.07) is 3.48. The van der Waals surface area contributed by atoms with Crippen molar-refractivity contribution in [1.29, 1.82) is 0 Å². The van der Waals surface area contributed by atoms with Crippen LogP contribution in [0.15, 0.2) is 54.6 Å². The fourth-order valence-electron chi connectivity index (χ4n) is 6.99. The van der Waals surface area contributed by atoms with Gasteiger partial charge < -0.3 is 63.4 Å². The Morgan fingerprint density at radius 3 is 1.58 bits per heavy atom. The molecule has 0 aliphatic carbocycles. The van der Waals surface area contributed by atoms with Crippen LogP contribution in [0.3, 0.4) is 0 Å². The van der Waals surface area contributed by atoms with Crippen molar-refractivity contribution in [3.05, 3.63) is 65.7 Å². The van der Waals surface area contributed by atoms with Gasteiger partial charge in [-0.15, -0.1) is 0 Å². The van der Waals surface area contributed by atoms with Crippen molar-refractivity contribution in [2.75, 3.05) is 6.54 Å². The van der Waals surface area contributed by atoms with Crippen molar-refractivity contribution in [2.24, 2.45) is 29.2 Å². The van der Waals surface area contributed by atoms with E-state index in [2.05, 4.69) is 41.7 Å². The third kappa shape index (κ3) is 23.3. The molecule has 0 aliphatic heterocycles. The van der Waals surface area contributed by atoms with Crippen LogP contribution in [0.1, 0.15) is 84.8 Å². The molecule has 0 bridgehead atoms. The summed E-state index contributed by atoms with van der Waals surface area (Å²) >= 11 is 0. The van der Waals surface area contributed by atoms with Crippen molar-refractivity contribution < 1.29 is 77.0 Å². The molecule has 7 atom stereocenters. The predicted molar refractivity (Wildman–Crippen MR) is 258 cm³/mol. The van der Waals surface area contributed by atoms with Gasteiger partial charge in [0.25, 0.3) is 0 Å². The molecule has 0 saturated heterocycles. The Morgan fingerprint density at radius 2 is 1.10 bits per heavy atom. The zero-order chi connectivity index (χ0) is 54.5. The molecule has 0 saturated carbocycles. The van der Waals surface area contributed by atoms with Crippen molar-refractivity contribution in [3.63, 3.8) is 0 Å². The van der Waals surface area contributed by atoms with Crippen molar-refractivity contribution in [1.82, 2.24) is 37.2 Å². The van der Waals surface area contributed by atoms with E-state index in [1.165, 1.54) is 24.3 Å². The molecule has 0 unspecified atom stereocenters. The van der Waals surface area contributed by atoms with Crippen LogP contribution >= 0.6 is 7.82 Å². The number of nitrogens with one attached hydrogen (secondary N) is 7. The first-order valence-electron chi connectivity index (χ1n) is 23.0. The first-order valence-corrected chi connectivity index (χ1v) is 24.5. The largest absolute Gasteiger partial charge is 0.524 e. The second kappa shape index (κ2) is 29.4. The molecule has 0 aliphatic rings. The standard InChI is InChI=1S/C46H68N9O16P/c1-24(2)18-30(47)40(60)55-39(26(5)6)45(65)54-34(20-27-10-8-7-9-11-27)43(63)52-33(21-28-12-14-29(15-13-28)71-72(68,69)70)42(62)53-35(22-36(48)56)44(64)51-32(19-25(3)4)41(61)49-23-37(57)50-31(46(66)67)16-17-38(58)59/h7-15,24-26,30-35,39H,16-23,47H2,1-6H3,(H2,48,56)(H,49,61)(H,50,57)(H,51,64)(H,52,63)(H,53,62)(H,54,65)(H,55,60)(H,58,59)(H,66,67)(H2,68,69,70)/t30-,31-,32-,33-,34-,35-,39-/m0/s1. The topological polar surface area (TPSA) is 414 Å². The van der Waals surface area contributed by atoms with Gasteiger partial charge in [-0.1, -0.05) is 84.0 Å². The second-order valence-corrected chi connectivity index (χ2v) is 19.4. The molecule has 2 rings (SSSR count). The lowest BCUT2D eigenvalue weighted by atomic mass is 9.98. The quantitative estimate of drug-likeness (QED) is 0.0397. The lowest BCUT2D eigenvalue weighted by Crippen LogP contribution is -2.61. The van der Waals surface area contributed by atoms with Crippen LogP contribution in [0.4, 0.5) is 0 Å². The summed E-state index contributed by atoms with van der Waals surface area (Å²) in [7, 11) is -4.97. The molecular formula is C46H68N9O16P. The van der Waals surface area contributed by atoms with Crippen LogP contribution in [0.2, 0.25) is 0 Å². The molecule has 0 aromatic heterocycles. The summed E-state index contributed by atoms with van der Waals surface area (Å²) in [5.74, 6) is -11.3. The highest BCUT2D eigenvalue weighted by Gasteiger charge is 2.35. The molecule has 26 heteroatoms. The number of hydrogen-bond acceptors (Lipinski definition) is 13. The number of phosphoric acid groups is 1. The number of carboxylic acids is 2. The van der Waals surface area contributed by atoms with Gasteiger partial charge in [-0.25, -0.2) is 9.36 Å².